The molecule has 7 N–H and O–H groups in total. The highest BCUT2D eigenvalue weighted by atomic mass is 16.1. The lowest BCUT2D eigenvalue weighted by molar-refractivity contribution is -0.504. The molecule has 0 unspecified atom stereocenters. The van der Waals surface area contributed by atoms with Crippen LogP contribution in [0.3, 0.4) is 0 Å². The van der Waals surface area contributed by atoms with Crippen LogP contribution in [-0.4, -0.2) is 48.0 Å². The van der Waals surface area contributed by atoms with Gasteiger partial charge in [-0.25, -0.2) is 10.7 Å². The lowest BCUT2D eigenvalue weighted by atomic mass is 9.98. The molecule has 0 aromatic carbocycles. The van der Waals surface area contributed by atoms with Crippen molar-refractivity contribution in [1.82, 2.24) is 10.2 Å². The van der Waals surface area contributed by atoms with Gasteiger partial charge in [0, 0.05) is 31.1 Å². The number of nitrogens with two attached hydrogens (primary N) is 1. The van der Waals surface area contributed by atoms with Gasteiger partial charge in [-0.05, 0) is 52.9 Å². The van der Waals surface area contributed by atoms with E-state index in [1.807, 2.05) is 0 Å². The molecular formula is C16H35N5O+2. The number of nitrogens with zero attached hydrogens (tertiary/aromatic N) is 1. The number of carbonyl (C=O) groups excluding carboxylic acids is 1. The molecule has 0 aliphatic carbocycles. The van der Waals surface area contributed by atoms with Gasteiger partial charge in [-0.2, -0.15) is 0 Å². The summed E-state index contributed by atoms with van der Waals surface area (Å²) in [6.07, 6.45) is 5.75. The first-order valence-corrected chi connectivity index (χ1v) is 8.51. The maximum atomic E-state index is 12.0. The first kappa shape index (κ1) is 18.9. The van der Waals surface area contributed by atoms with E-state index >= 15 is 0 Å². The normalized spacial score (nSPS) is 18.5. The van der Waals surface area contributed by atoms with Crippen LogP contribution in [-0.2, 0) is 4.79 Å². The van der Waals surface area contributed by atoms with Crippen molar-refractivity contribution in [3.8, 4) is 0 Å². The molecule has 1 aliphatic rings. The second-order valence-corrected chi connectivity index (χ2v) is 7.26. The van der Waals surface area contributed by atoms with Gasteiger partial charge in [-0.15, -0.1) is 0 Å². The second-order valence-electron chi connectivity index (χ2n) is 7.26. The van der Waals surface area contributed by atoms with E-state index in [0.29, 0.717) is 18.4 Å². The Labute approximate surface area is 134 Å². The molecule has 6 heteroatoms. The zero-order valence-electron chi connectivity index (χ0n) is 14.6. The van der Waals surface area contributed by atoms with Gasteiger partial charge in [-0.1, -0.05) is 0 Å². The average Bonchev–Trinajstić information content (AvgIpc) is 2.42. The Morgan fingerprint density at radius 3 is 2.45 bits per heavy atom. The molecule has 1 rings (SSSR count). The van der Waals surface area contributed by atoms with Crippen molar-refractivity contribution >= 4 is 11.9 Å². The molecule has 0 bridgehead atoms. The molecule has 0 radical (unpaired) electrons. The fraction of sp³-hybridized carbons (Fsp3) is 0.875. The zero-order chi connectivity index (χ0) is 16.6. The summed E-state index contributed by atoms with van der Waals surface area (Å²) in [5.74, 6) is 0.713. The van der Waals surface area contributed by atoms with Crippen LogP contribution in [0.15, 0.2) is 0 Å². The number of nitrogens with one attached hydrogen (secondary N) is 2. The smallest absolute Gasteiger partial charge is 0.353 e. The number of hydrogen-bond donors (Lipinski definition) is 4. The average molecular weight is 313 g/mol. The summed E-state index contributed by atoms with van der Waals surface area (Å²) in [7, 11) is 0. The number of amides is 1. The second kappa shape index (κ2) is 9.10. The third-order valence-corrected chi connectivity index (χ3v) is 4.24. The number of guanidine groups is 1. The SMILES string of the molecule is CC(C)(C)N1CCC(NC(=O)CCCCC[NH+]=C(N)[NH3+])CC1. The van der Waals surface area contributed by atoms with Crippen LogP contribution in [0, 0.1) is 0 Å². The minimum atomic E-state index is 0.199. The quantitative estimate of drug-likeness (QED) is 0.263. The monoisotopic (exact) mass is 313 g/mol. The van der Waals surface area contributed by atoms with Crippen molar-refractivity contribution in [2.24, 2.45) is 5.73 Å². The predicted molar refractivity (Wildman–Crippen MR) is 88.9 cm³/mol. The Kier molecular flexibility index (Phi) is 7.82. The van der Waals surface area contributed by atoms with E-state index in [4.69, 9.17) is 5.73 Å². The zero-order valence-corrected chi connectivity index (χ0v) is 14.6. The molecule has 0 saturated carbocycles. The van der Waals surface area contributed by atoms with E-state index in [0.717, 1.165) is 51.7 Å². The summed E-state index contributed by atoms with van der Waals surface area (Å²) in [5.41, 5.74) is 9.24. The van der Waals surface area contributed by atoms with Crippen molar-refractivity contribution in [2.45, 2.75) is 70.9 Å². The predicted octanol–water partition coefficient (Wildman–Crippen LogP) is -1.44. The number of unbranched alkanes of at least 4 members (excludes halogenated alkanes) is 2. The summed E-state index contributed by atoms with van der Waals surface area (Å²) in [5, 5.41) is 3.18. The standard InChI is InChI=1S/C16H33N5O/c1-16(2,3)21-11-8-13(9-12-21)20-14(22)7-5-4-6-10-19-15(17)18/h13H,4-12H2,1-3H3,(H,20,22)(H4,17,18,19)/p+2. The highest BCUT2D eigenvalue weighted by Gasteiger charge is 2.27. The Morgan fingerprint density at radius 1 is 1.27 bits per heavy atom. The molecule has 0 spiro atoms. The maximum Gasteiger partial charge on any atom is 0.434 e. The molecule has 0 aromatic rings. The maximum absolute atomic E-state index is 12.0. The Morgan fingerprint density at radius 2 is 1.91 bits per heavy atom. The minimum absolute atomic E-state index is 0.199. The molecule has 0 atom stereocenters. The van der Waals surface area contributed by atoms with E-state index < -0.39 is 0 Å². The Bertz CT molecular complexity index is 363. The fourth-order valence-corrected chi connectivity index (χ4v) is 2.83. The highest BCUT2D eigenvalue weighted by Crippen LogP contribution is 2.20. The van der Waals surface area contributed by atoms with Crippen LogP contribution in [0.5, 0.6) is 0 Å². The first-order chi connectivity index (χ1) is 10.3. The summed E-state index contributed by atoms with van der Waals surface area (Å²) in [6.45, 7) is 9.73. The molecule has 6 nitrogen and oxygen atoms in total. The van der Waals surface area contributed by atoms with E-state index in [1.54, 1.807) is 0 Å². The molecule has 22 heavy (non-hydrogen) atoms. The third-order valence-electron chi connectivity index (χ3n) is 4.24. The molecule has 1 amide bonds. The van der Waals surface area contributed by atoms with Crippen LogP contribution in [0.1, 0.15) is 59.3 Å². The van der Waals surface area contributed by atoms with Gasteiger partial charge in [0.1, 0.15) is 0 Å². The number of carbonyl (C=O) groups is 1. The van der Waals surface area contributed by atoms with Gasteiger partial charge in [0.15, 0.2) is 0 Å². The number of hydrogen-bond acceptors (Lipinski definition) is 2. The number of likely N-dealkylation sites (tertiary alicyclic amines) is 1. The van der Waals surface area contributed by atoms with E-state index in [-0.39, 0.29) is 11.4 Å². The molecule has 1 saturated heterocycles. The Hall–Kier alpha value is -1.14. The molecular weight excluding hydrogens is 278 g/mol. The van der Waals surface area contributed by atoms with Gasteiger partial charge in [0.05, 0.1) is 6.54 Å². The lowest BCUT2D eigenvalue weighted by Gasteiger charge is -2.41. The number of rotatable bonds is 7. The van der Waals surface area contributed by atoms with Crippen molar-refractivity contribution in [3.05, 3.63) is 0 Å². The number of piperidine rings is 1. The molecule has 0 aromatic heterocycles. The summed E-state index contributed by atoms with van der Waals surface area (Å²) < 4.78 is 0. The molecule has 1 fully saturated rings. The number of quaternary nitrogens is 1. The van der Waals surface area contributed by atoms with Gasteiger partial charge >= 0.3 is 5.96 Å². The third kappa shape index (κ3) is 7.75. The Balaban J connectivity index is 2.10. The minimum Gasteiger partial charge on any atom is -0.353 e. The lowest BCUT2D eigenvalue weighted by Crippen LogP contribution is -2.88. The van der Waals surface area contributed by atoms with Crippen LogP contribution in [0.2, 0.25) is 0 Å². The van der Waals surface area contributed by atoms with Crippen LogP contribution in [0.25, 0.3) is 0 Å². The van der Waals surface area contributed by atoms with Crippen LogP contribution >= 0.6 is 0 Å². The first-order valence-electron chi connectivity index (χ1n) is 8.51. The van der Waals surface area contributed by atoms with Crippen molar-refractivity contribution in [1.29, 1.82) is 0 Å². The largest absolute Gasteiger partial charge is 0.434 e. The van der Waals surface area contributed by atoms with Gasteiger partial charge in [0.25, 0.3) is 0 Å². The summed E-state index contributed by atoms with van der Waals surface area (Å²) in [4.78, 5) is 17.4. The van der Waals surface area contributed by atoms with Crippen LogP contribution in [0.4, 0.5) is 0 Å². The van der Waals surface area contributed by atoms with E-state index in [2.05, 4.69) is 41.7 Å². The highest BCUT2D eigenvalue weighted by molar-refractivity contribution is 5.76. The molecule has 128 valence electrons. The molecule has 1 aliphatic heterocycles. The topological polar surface area (TPSA) is 100.0 Å². The van der Waals surface area contributed by atoms with Gasteiger partial charge in [0.2, 0.25) is 5.91 Å². The van der Waals surface area contributed by atoms with Crippen LogP contribution < -0.4 is 21.8 Å². The van der Waals surface area contributed by atoms with Crippen molar-refractivity contribution < 1.29 is 15.5 Å². The summed E-state index contributed by atoms with van der Waals surface area (Å²) in [6, 6.07) is 0.355. The van der Waals surface area contributed by atoms with Crippen molar-refractivity contribution in [3.63, 3.8) is 0 Å². The fourth-order valence-electron chi connectivity index (χ4n) is 2.83. The van der Waals surface area contributed by atoms with Crippen molar-refractivity contribution in [2.75, 3.05) is 19.6 Å². The summed E-state index contributed by atoms with van der Waals surface area (Å²) >= 11 is 0. The van der Waals surface area contributed by atoms with Gasteiger partial charge < -0.3 is 5.32 Å². The van der Waals surface area contributed by atoms with E-state index in [1.165, 1.54) is 0 Å². The van der Waals surface area contributed by atoms with E-state index in [9.17, 15) is 4.79 Å². The van der Waals surface area contributed by atoms with Gasteiger partial charge in [-0.3, -0.25) is 15.4 Å². The molecule has 1 heterocycles.